The molecule has 0 aromatic carbocycles. The number of hydrogen-bond donors (Lipinski definition) is 1. The maximum absolute atomic E-state index is 12.9. The van der Waals surface area contributed by atoms with Crippen LogP contribution in [0.25, 0.3) is 22.4 Å². The number of rotatable bonds is 4. The summed E-state index contributed by atoms with van der Waals surface area (Å²) in [5.74, 6) is 1.24. The summed E-state index contributed by atoms with van der Waals surface area (Å²) in [7, 11) is 2.19. The third-order valence-corrected chi connectivity index (χ3v) is 6.61. The van der Waals surface area contributed by atoms with Crippen LogP contribution in [0.15, 0.2) is 41.4 Å². The zero-order valence-electron chi connectivity index (χ0n) is 17.8. The number of nitrogens with one attached hydrogen (secondary N) is 1. The Labute approximate surface area is 181 Å². The minimum Gasteiger partial charge on any atom is -0.442 e. The summed E-state index contributed by atoms with van der Waals surface area (Å²) in [4.78, 5) is 30.8. The van der Waals surface area contributed by atoms with Crippen molar-refractivity contribution < 1.29 is 9.21 Å². The third-order valence-electron chi connectivity index (χ3n) is 6.61. The molecular weight excluding hydrogens is 392 g/mol. The molecular formula is C23H28N6O2. The first-order valence-corrected chi connectivity index (χ1v) is 11.0. The zero-order chi connectivity index (χ0) is 21.2. The SMILES string of the molecule is CN1CCC(N2CCC(C(=O)Nc3cc4nc(-c5cnco5)ccc4cn3)CC2)CC1. The third kappa shape index (κ3) is 4.45. The van der Waals surface area contributed by atoms with E-state index in [1.165, 1.54) is 32.3 Å². The number of pyridine rings is 2. The maximum atomic E-state index is 12.9. The highest BCUT2D eigenvalue weighted by Crippen LogP contribution is 2.25. The van der Waals surface area contributed by atoms with Crippen molar-refractivity contribution in [2.45, 2.75) is 31.7 Å². The number of piperidine rings is 2. The number of likely N-dealkylation sites (tertiary alicyclic amines) is 2. The fraction of sp³-hybridized carbons (Fsp3) is 0.478. The summed E-state index contributed by atoms with van der Waals surface area (Å²) in [6.45, 7) is 4.34. The van der Waals surface area contributed by atoms with Crippen molar-refractivity contribution in [1.82, 2.24) is 24.8 Å². The Balaban J connectivity index is 1.21. The van der Waals surface area contributed by atoms with E-state index in [0.717, 1.165) is 36.8 Å². The van der Waals surface area contributed by atoms with Gasteiger partial charge in [0, 0.05) is 29.6 Å². The maximum Gasteiger partial charge on any atom is 0.228 e. The summed E-state index contributed by atoms with van der Waals surface area (Å²) >= 11 is 0. The molecule has 3 aromatic heterocycles. The number of fused-ring (bicyclic) bond motifs is 1. The van der Waals surface area contributed by atoms with E-state index in [1.807, 2.05) is 18.2 Å². The predicted molar refractivity (Wildman–Crippen MR) is 118 cm³/mol. The Morgan fingerprint density at radius 3 is 2.65 bits per heavy atom. The lowest BCUT2D eigenvalue weighted by atomic mass is 9.93. The fourth-order valence-electron chi connectivity index (χ4n) is 4.68. The minimum absolute atomic E-state index is 0.0356. The van der Waals surface area contributed by atoms with Gasteiger partial charge in [-0.25, -0.2) is 15.0 Å². The standard InChI is InChI=1S/C23H28N6O2/c1-28-8-6-18(7-9-28)29-10-4-16(5-11-29)23(30)27-22-12-20-17(13-25-22)2-3-19(26-20)21-14-24-15-31-21/h2-3,12-16,18H,4-11H2,1H3,(H,25,27,30). The second kappa shape index (κ2) is 8.72. The second-order valence-electron chi connectivity index (χ2n) is 8.66. The van der Waals surface area contributed by atoms with Gasteiger partial charge in [-0.3, -0.25) is 4.79 Å². The van der Waals surface area contributed by atoms with Crippen molar-refractivity contribution in [3.8, 4) is 11.5 Å². The van der Waals surface area contributed by atoms with Crippen LogP contribution < -0.4 is 5.32 Å². The van der Waals surface area contributed by atoms with Gasteiger partial charge in [-0.05, 0) is 71.0 Å². The van der Waals surface area contributed by atoms with Crippen LogP contribution in [-0.4, -0.2) is 69.9 Å². The van der Waals surface area contributed by atoms with E-state index < -0.39 is 0 Å². The molecule has 3 aromatic rings. The molecule has 0 aliphatic carbocycles. The molecule has 0 unspecified atom stereocenters. The monoisotopic (exact) mass is 420 g/mol. The van der Waals surface area contributed by atoms with Gasteiger partial charge in [0.25, 0.3) is 0 Å². The Kier molecular flexibility index (Phi) is 5.65. The van der Waals surface area contributed by atoms with Gasteiger partial charge in [-0.15, -0.1) is 0 Å². The summed E-state index contributed by atoms with van der Waals surface area (Å²) in [5, 5.41) is 3.92. The van der Waals surface area contributed by atoms with Crippen LogP contribution in [-0.2, 0) is 4.79 Å². The molecule has 162 valence electrons. The molecule has 8 heteroatoms. The van der Waals surface area contributed by atoms with Crippen LogP contribution in [0.2, 0.25) is 0 Å². The van der Waals surface area contributed by atoms with Gasteiger partial charge in [0.15, 0.2) is 12.2 Å². The smallest absolute Gasteiger partial charge is 0.228 e. The van der Waals surface area contributed by atoms with E-state index in [0.29, 0.717) is 23.3 Å². The molecule has 2 aliphatic rings. The predicted octanol–water partition coefficient (Wildman–Crippen LogP) is 3.03. The molecule has 0 spiro atoms. The minimum atomic E-state index is 0.0356. The number of carbonyl (C=O) groups is 1. The highest BCUT2D eigenvalue weighted by atomic mass is 16.3. The van der Waals surface area contributed by atoms with Crippen molar-refractivity contribution in [1.29, 1.82) is 0 Å². The quantitative estimate of drug-likeness (QED) is 0.694. The molecule has 0 atom stereocenters. The molecule has 5 heterocycles. The van der Waals surface area contributed by atoms with Gasteiger partial charge in [0.05, 0.1) is 11.7 Å². The first kappa shape index (κ1) is 20.1. The molecule has 31 heavy (non-hydrogen) atoms. The lowest BCUT2D eigenvalue weighted by Gasteiger charge is -2.40. The summed E-state index contributed by atoms with van der Waals surface area (Å²) in [6, 6.07) is 6.31. The summed E-state index contributed by atoms with van der Waals surface area (Å²) < 4.78 is 5.33. The first-order valence-electron chi connectivity index (χ1n) is 11.0. The molecule has 8 nitrogen and oxygen atoms in total. The highest BCUT2D eigenvalue weighted by Gasteiger charge is 2.30. The fourth-order valence-corrected chi connectivity index (χ4v) is 4.68. The number of carbonyl (C=O) groups excluding carboxylic acids is 1. The van der Waals surface area contributed by atoms with Crippen LogP contribution in [0, 0.1) is 5.92 Å². The van der Waals surface area contributed by atoms with Crippen molar-refractivity contribution in [3.05, 3.63) is 37.0 Å². The van der Waals surface area contributed by atoms with E-state index >= 15 is 0 Å². The van der Waals surface area contributed by atoms with Crippen molar-refractivity contribution in [3.63, 3.8) is 0 Å². The van der Waals surface area contributed by atoms with Crippen LogP contribution in [0.1, 0.15) is 25.7 Å². The molecule has 2 aliphatic heterocycles. The molecule has 1 amide bonds. The van der Waals surface area contributed by atoms with E-state index in [2.05, 4.69) is 37.1 Å². The molecule has 0 bridgehead atoms. The zero-order valence-corrected chi connectivity index (χ0v) is 17.8. The number of aromatic nitrogens is 3. The van der Waals surface area contributed by atoms with Gasteiger partial charge in [0.1, 0.15) is 11.5 Å². The summed E-state index contributed by atoms with van der Waals surface area (Å²) in [6.07, 6.45) is 9.03. The van der Waals surface area contributed by atoms with Crippen LogP contribution in [0.4, 0.5) is 5.82 Å². The first-order chi connectivity index (χ1) is 15.2. The number of oxazole rings is 1. The van der Waals surface area contributed by atoms with Crippen LogP contribution >= 0.6 is 0 Å². The van der Waals surface area contributed by atoms with Gasteiger partial charge in [0.2, 0.25) is 5.91 Å². The lowest BCUT2D eigenvalue weighted by molar-refractivity contribution is -0.121. The average Bonchev–Trinajstić information content (AvgIpc) is 3.34. The Morgan fingerprint density at radius 1 is 1.10 bits per heavy atom. The lowest BCUT2D eigenvalue weighted by Crippen LogP contribution is -2.48. The number of anilines is 1. The molecule has 0 radical (unpaired) electrons. The average molecular weight is 421 g/mol. The number of nitrogens with zero attached hydrogens (tertiary/aromatic N) is 5. The molecule has 0 saturated carbocycles. The van der Waals surface area contributed by atoms with E-state index in [9.17, 15) is 4.79 Å². The van der Waals surface area contributed by atoms with Crippen LogP contribution in [0.5, 0.6) is 0 Å². The van der Waals surface area contributed by atoms with Gasteiger partial charge < -0.3 is 19.5 Å². The van der Waals surface area contributed by atoms with Crippen molar-refractivity contribution in [2.24, 2.45) is 5.92 Å². The van der Waals surface area contributed by atoms with Crippen LogP contribution in [0.3, 0.4) is 0 Å². The van der Waals surface area contributed by atoms with E-state index in [-0.39, 0.29) is 11.8 Å². The molecule has 1 N–H and O–H groups in total. The van der Waals surface area contributed by atoms with Crippen molar-refractivity contribution >= 4 is 22.6 Å². The topological polar surface area (TPSA) is 87.4 Å². The van der Waals surface area contributed by atoms with Gasteiger partial charge in [-0.1, -0.05) is 0 Å². The number of amides is 1. The van der Waals surface area contributed by atoms with Crippen molar-refractivity contribution in [2.75, 3.05) is 38.5 Å². The highest BCUT2D eigenvalue weighted by molar-refractivity contribution is 5.93. The Hall–Kier alpha value is -2.84. The summed E-state index contributed by atoms with van der Waals surface area (Å²) in [5.41, 5.74) is 1.46. The normalized spacial score (nSPS) is 19.6. The Bertz CT molecular complexity index is 1040. The van der Waals surface area contributed by atoms with E-state index in [1.54, 1.807) is 12.4 Å². The number of hydrogen-bond acceptors (Lipinski definition) is 7. The van der Waals surface area contributed by atoms with E-state index in [4.69, 9.17) is 4.42 Å². The molecule has 2 fully saturated rings. The largest absolute Gasteiger partial charge is 0.442 e. The van der Waals surface area contributed by atoms with Gasteiger partial charge in [-0.2, -0.15) is 0 Å². The molecule has 2 saturated heterocycles. The molecule has 5 rings (SSSR count). The Morgan fingerprint density at radius 2 is 1.90 bits per heavy atom. The van der Waals surface area contributed by atoms with Gasteiger partial charge >= 0.3 is 0 Å². The second-order valence-corrected chi connectivity index (χ2v) is 8.66.